The van der Waals surface area contributed by atoms with Crippen molar-refractivity contribution in [1.82, 2.24) is 25.1 Å². The van der Waals surface area contributed by atoms with E-state index in [9.17, 15) is 9.18 Å². The van der Waals surface area contributed by atoms with Crippen molar-refractivity contribution >= 4 is 16.8 Å². The molecule has 0 aliphatic heterocycles. The van der Waals surface area contributed by atoms with Gasteiger partial charge in [0.1, 0.15) is 24.2 Å². The monoisotopic (exact) mass is 447 g/mol. The molecule has 5 atom stereocenters. The van der Waals surface area contributed by atoms with Crippen molar-refractivity contribution in [2.45, 2.75) is 56.2 Å². The molecule has 3 aromatic rings. The molecule has 0 radical (unpaired) electrons. The van der Waals surface area contributed by atoms with Gasteiger partial charge in [0.15, 0.2) is 0 Å². The maximum atomic E-state index is 13.7. The first-order chi connectivity index (χ1) is 16.0. The highest BCUT2D eigenvalue weighted by Crippen LogP contribution is 2.65. The zero-order valence-electron chi connectivity index (χ0n) is 18.4. The third-order valence-corrected chi connectivity index (χ3v) is 8.71. The van der Waals surface area contributed by atoms with Gasteiger partial charge in [0, 0.05) is 23.0 Å². The van der Waals surface area contributed by atoms with Crippen LogP contribution in [-0.4, -0.2) is 37.3 Å². The van der Waals surface area contributed by atoms with E-state index in [2.05, 4.69) is 27.3 Å². The van der Waals surface area contributed by atoms with Crippen LogP contribution in [0, 0.1) is 29.5 Å². The lowest BCUT2D eigenvalue weighted by atomic mass is 9.44. The molecule has 170 valence electrons. The van der Waals surface area contributed by atoms with Gasteiger partial charge in [-0.25, -0.2) is 14.1 Å². The van der Waals surface area contributed by atoms with Crippen LogP contribution in [0.1, 0.15) is 39.0 Å². The number of nitrogens with zero attached hydrogens (tertiary/aromatic N) is 4. The van der Waals surface area contributed by atoms with Gasteiger partial charge in [-0.2, -0.15) is 5.10 Å². The normalized spacial score (nSPS) is 36.4. The summed E-state index contributed by atoms with van der Waals surface area (Å²) in [6, 6.07) is 6.40. The number of halogens is 1. The number of carbonyl (C=O) groups excluding carboxylic acids is 1. The summed E-state index contributed by atoms with van der Waals surface area (Å²) >= 11 is 0. The summed E-state index contributed by atoms with van der Waals surface area (Å²) in [5.74, 6) is 2.13. The topological polar surface area (TPSA) is 81.9 Å². The first-order valence-corrected chi connectivity index (χ1v) is 11.8. The molecule has 8 rings (SSSR count). The number of rotatable bonds is 6. The number of hydrogen-bond donors (Lipinski definition) is 1. The molecule has 2 bridgehead atoms. The second-order valence-corrected chi connectivity index (χ2v) is 10.7. The second-order valence-electron chi connectivity index (χ2n) is 10.7. The molecule has 33 heavy (non-hydrogen) atoms. The summed E-state index contributed by atoms with van der Waals surface area (Å²) in [7, 11) is 0. The largest absolute Gasteiger partial charge is 0.490 e. The van der Waals surface area contributed by atoms with E-state index >= 15 is 0 Å². The summed E-state index contributed by atoms with van der Waals surface area (Å²) in [6.45, 7) is 2.08. The Balaban J connectivity index is 0.947. The van der Waals surface area contributed by atoms with Gasteiger partial charge >= 0.3 is 0 Å². The van der Waals surface area contributed by atoms with Crippen molar-refractivity contribution in [3.8, 4) is 5.75 Å². The summed E-state index contributed by atoms with van der Waals surface area (Å²) in [6.07, 6.45) is 9.94. The molecule has 7 nitrogen and oxygen atoms in total. The van der Waals surface area contributed by atoms with Crippen molar-refractivity contribution in [3.05, 3.63) is 48.9 Å². The number of aromatic nitrogens is 4. The van der Waals surface area contributed by atoms with E-state index in [4.69, 9.17) is 4.74 Å². The van der Waals surface area contributed by atoms with Crippen molar-refractivity contribution in [2.24, 2.45) is 23.7 Å². The van der Waals surface area contributed by atoms with Crippen LogP contribution in [0.3, 0.4) is 0 Å². The number of fused-ring (bicyclic) bond motifs is 2. The molecular formula is C25H26FN5O2. The average molecular weight is 448 g/mol. The Bertz CT molecular complexity index is 1230. The third-order valence-electron chi connectivity index (χ3n) is 8.71. The summed E-state index contributed by atoms with van der Waals surface area (Å²) in [5.41, 5.74) is 0.776. The molecule has 5 aliphatic carbocycles. The van der Waals surface area contributed by atoms with Gasteiger partial charge in [-0.15, -0.1) is 0 Å². The van der Waals surface area contributed by atoms with Crippen LogP contribution >= 0.6 is 0 Å². The van der Waals surface area contributed by atoms with Gasteiger partial charge in [0.25, 0.3) is 0 Å². The van der Waals surface area contributed by atoms with E-state index in [1.54, 1.807) is 24.9 Å². The molecular weight excluding hydrogens is 421 g/mol. The van der Waals surface area contributed by atoms with Crippen molar-refractivity contribution in [1.29, 1.82) is 0 Å². The SMILES string of the molecule is CC(C(=O)NC12CC(n3cncn3)(C1)C2)[C@@H]1[C@@H]2C[C@@H](Oc3ccnc4ccc(F)cc34)C[C@@H]21. The molecule has 1 amide bonds. The molecule has 0 spiro atoms. The Labute approximate surface area is 190 Å². The van der Waals surface area contributed by atoms with E-state index < -0.39 is 0 Å². The fraction of sp³-hybridized carbons (Fsp3) is 0.520. The van der Waals surface area contributed by atoms with Crippen LogP contribution in [0.25, 0.3) is 10.9 Å². The first-order valence-electron chi connectivity index (χ1n) is 11.8. The standard InChI is InChI=1S/C25H26FN5O2/c1-14(23(32)30-24-9-25(10-24,11-24)31-13-27-12-29-31)22-17-7-16(8-18(17)22)33-21-4-5-28-20-3-2-15(26)6-19(20)21/h2-6,12-14,16-18,22H,7-11H2,1H3,(H,30,32)/t14?,16-,17-,18+,22-,24?,25?. The average Bonchev–Trinajstić information content (AvgIpc) is 3.12. The van der Waals surface area contributed by atoms with E-state index in [1.165, 1.54) is 12.1 Å². The number of benzene rings is 1. The Kier molecular flexibility index (Phi) is 3.84. The molecule has 2 aromatic heterocycles. The van der Waals surface area contributed by atoms with Crippen LogP contribution in [0.2, 0.25) is 0 Å². The Morgan fingerprint density at radius 1 is 1.24 bits per heavy atom. The Hall–Kier alpha value is -3.03. The maximum Gasteiger partial charge on any atom is 0.223 e. The highest BCUT2D eigenvalue weighted by atomic mass is 19.1. The summed E-state index contributed by atoms with van der Waals surface area (Å²) in [5, 5.41) is 8.36. The van der Waals surface area contributed by atoms with Gasteiger partial charge < -0.3 is 10.1 Å². The lowest BCUT2D eigenvalue weighted by molar-refractivity contribution is -0.162. The van der Waals surface area contributed by atoms with Crippen molar-refractivity contribution in [3.63, 3.8) is 0 Å². The fourth-order valence-corrected chi connectivity index (χ4v) is 7.17. The van der Waals surface area contributed by atoms with Crippen LogP contribution in [0.4, 0.5) is 4.39 Å². The second kappa shape index (κ2) is 6.52. The highest BCUT2D eigenvalue weighted by Gasteiger charge is 2.71. The van der Waals surface area contributed by atoms with E-state index in [-0.39, 0.29) is 34.8 Å². The molecule has 1 aromatic carbocycles. The minimum absolute atomic E-state index is 0.0214. The molecule has 8 heteroatoms. The number of pyridine rings is 1. The number of ether oxygens (including phenoxy) is 1. The highest BCUT2D eigenvalue weighted by molar-refractivity contribution is 5.84. The zero-order chi connectivity index (χ0) is 22.4. The molecule has 5 aliphatic rings. The van der Waals surface area contributed by atoms with Gasteiger partial charge in [-0.05, 0) is 74.1 Å². The quantitative estimate of drug-likeness (QED) is 0.626. The molecule has 1 unspecified atom stereocenters. The molecule has 2 heterocycles. The molecule has 5 saturated carbocycles. The fourth-order valence-electron chi connectivity index (χ4n) is 7.17. The zero-order valence-corrected chi connectivity index (χ0v) is 18.4. The minimum atomic E-state index is -0.287. The lowest BCUT2D eigenvalue weighted by Gasteiger charge is -2.69. The van der Waals surface area contributed by atoms with Gasteiger partial charge in [-0.3, -0.25) is 9.78 Å². The Morgan fingerprint density at radius 3 is 2.76 bits per heavy atom. The van der Waals surface area contributed by atoms with Gasteiger partial charge in [0.2, 0.25) is 5.91 Å². The smallest absolute Gasteiger partial charge is 0.223 e. The summed E-state index contributed by atoms with van der Waals surface area (Å²) < 4.78 is 22.0. The van der Waals surface area contributed by atoms with Gasteiger partial charge in [-0.1, -0.05) is 6.92 Å². The number of carbonyl (C=O) groups is 1. The maximum absolute atomic E-state index is 13.7. The minimum Gasteiger partial charge on any atom is -0.490 e. The predicted molar refractivity (Wildman–Crippen MR) is 118 cm³/mol. The lowest BCUT2D eigenvalue weighted by Crippen LogP contribution is -2.79. The van der Waals surface area contributed by atoms with Crippen molar-refractivity contribution in [2.75, 3.05) is 0 Å². The Morgan fingerprint density at radius 2 is 2.03 bits per heavy atom. The number of nitrogens with one attached hydrogen (secondary N) is 1. The van der Waals surface area contributed by atoms with Crippen molar-refractivity contribution < 1.29 is 13.9 Å². The molecule has 5 fully saturated rings. The van der Waals surface area contributed by atoms with E-state index in [1.807, 2.05) is 10.7 Å². The molecule has 1 N–H and O–H groups in total. The molecule has 0 saturated heterocycles. The van der Waals surface area contributed by atoms with Crippen LogP contribution < -0.4 is 10.1 Å². The van der Waals surface area contributed by atoms with Gasteiger partial charge in [0.05, 0.1) is 17.2 Å². The predicted octanol–water partition coefficient (Wildman–Crippen LogP) is 3.45. The first kappa shape index (κ1) is 19.4. The summed E-state index contributed by atoms with van der Waals surface area (Å²) in [4.78, 5) is 21.4. The third kappa shape index (κ3) is 2.85. The number of amides is 1. The van der Waals surface area contributed by atoms with E-state index in [0.717, 1.165) is 37.6 Å². The van der Waals surface area contributed by atoms with Crippen LogP contribution in [-0.2, 0) is 10.3 Å². The van der Waals surface area contributed by atoms with E-state index in [0.29, 0.717) is 28.9 Å². The van der Waals surface area contributed by atoms with Crippen LogP contribution in [0.5, 0.6) is 5.75 Å². The number of hydrogen-bond acceptors (Lipinski definition) is 5. The van der Waals surface area contributed by atoms with Crippen LogP contribution in [0.15, 0.2) is 43.1 Å².